The number of ether oxygens (including phenoxy) is 1. The van der Waals surface area contributed by atoms with Crippen LogP contribution in [0.2, 0.25) is 0 Å². The molecule has 21 heavy (non-hydrogen) atoms. The molecule has 0 radical (unpaired) electrons. The van der Waals surface area contributed by atoms with Crippen LogP contribution < -0.4 is 10.6 Å². The third-order valence-corrected chi connectivity index (χ3v) is 4.55. The number of nitrogens with zero attached hydrogens (tertiary/aromatic N) is 2. The second-order valence-corrected chi connectivity index (χ2v) is 5.98. The van der Waals surface area contributed by atoms with Crippen molar-refractivity contribution in [2.24, 2.45) is 11.1 Å². The predicted molar refractivity (Wildman–Crippen MR) is 77.2 cm³/mol. The molecule has 2 aliphatic rings. The Morgan fingerprint density at radius 3 is 2.76 bits per heavy atom. The van der Waals surface area contributed by atoms with Crippen molar-refractivity contribution in [2.45, 2.75) is 12.8 Å². The van der Waals surface area contributed by atoms with Crippen LogP contribution in [-0.4, -0.2) is 37.2 Å². The Morgan fingerprint density at radius 1 is 1.29 bits per heavy atom. The van der Waals surface area contributed by atoms with Gasteiger partial charge in [0.1, 0.15) is 5.52 Å². The van der Waals surface area contributed by atoms with Crippen molar-refractivity contribution in [3.63, 3.8) is 0 Å². The fourth-order valence-corrected chi connectivity index (χ4v) is 3.29. The molecule has 0 bridgehead atoms. The number of carbonyl (C=O) groups is 1. The number of carbonyl (C=O) groups excluding carboxylic acids is 1. The summed E-state index contributed by atoms with van der Waals surface area (Å²) in [6, 6.07) is 5.82. The fraction of sp³-hybridized carbons (Fsp3) is 0.467. The van der Waals surface area contributed by atoms with Crippen molar-refractivity contribution in [2.75, 3.05) is 31.2 Å². The smallest absolute Gasteiger partial charge is 0.298 e. The van der Waals surface area contributed by atoms with Gasteiger partial charge in [-0.3, -0.25) is 4.79 Å². The van der Waals surface area contributed by atoms with Gasteiger partial charge in [-0.1, -0.05) is 6.07 Å². The number of primary amides is 1. The van der Waals surface area contributed by atoms with Crippen molar-refractivity contribution < 1.29 is 13.9 Å². The Labute approximate surface area is 121 Å². The van der Waals surface area contributed by atoms with Gasteiger partial charge in [-0.15, -0.1) is 0 Å². The third-order valence-electron chi connectivity index (χ3n) is 4.55. The van der Waals surface area contributed by atoms with E-state index < -0.39 is 5.91 Å². The zero-order valence-corrected chi connectivity index (χ0v) is 11.7. The lowest BCUT2D eigenvalue weighted by molar-refractivity contribution is -0.00173. The van der Waals surface area contributed by atoms with Crippen LogP contribution in [0, 0.1) is 5.41 Å². The molecule has 0 unspecified atom stereocenters. The number of para-hydroxylation sites is 1. The number of benzene rings is 1. The molecule has 0 saturated carbocycles. The van der Waals surface area contributed by atoms with Crippen molar-refractivity contribution in [3.05, 3.63) is 23.8 Å². The molecule has 4 rings (SSSR count). The number of rotatable bonds is 2. The second kappa shape index (κ2) is 4.46. The van der Waals surface area contributed by atoms with Crippen LogP contribution >= 0.6 is 0 Å². The zero-order valence-electron chi connectivity index (χ0n) is 11.7. The highest BCUT2D eigenvalue weighted by molar-refractivity contribution is 6.03. The van der Waals surface area contributed by atoms with Crippen LogP contribution in [0.4, 0.5) is 6.01 Å². The van der Waals surface area contributed by atoms with E-state index >= 15 is 0 Å². The Hall–Kier alpha value is -2.08. The van der Waals surface area contributed by atoms with Crippen molar-refractivity contribution in [1.29, 1.82) is 0 Å². The molecule has 2 aromatic rings. The van der Waals surface area contributed by atoms with Gasteiger partial charge < -0.3 is 19.8 Å². The van der Waals surface area contributed by atoms with Gasteiger partial charge >= 0.3 is 0 Å². The number of oxazole rings is 1. The van der Waals surface area contributed by atoms with E-state index in [2.05, 4.69) is 9.88 Å². The van der Waals surface area contributed by atoms with E-state index in [0.717, 1.165) is 39.1 Å². The topological polar surface area (TPSA) is 81.6 Å². The molecule has 3 heterocycles. The maximum atomic E-state index is 11.4. The van der Waals surface area contributed by atoms with Gasteiger partial charge in [0.15, 0.2) is 5.58 Å². The predicted octanol–water partition coefficient (Wildman–Crippen LogP) is 1.54. The summed E-state index contributed by atoms with van der Waals surface area (Å²) in [4.78, 5) is 18.0. The molecule has 2 saturated heterocycles. The Kier molecular flexibility index (Phi) is 2.68. The second-order valence-electron chi connectivity index (χ2n) is 5.98. The molecular formula is C15H17N3O3. The number of nitrogens with two attached hydrogens (primary N) is 1. The quantitative estimate of drug-likeness (QED) is 0.906. The maximum absolute atomic E-state index is 11.4. The molecule has 0 aliphatic carbocycles. The minimum absolute atomic E-state index is 0.353. The molecule has 2 fully saturated rings. The van der Waals surface area contributed by atoms with E-state index in [0.29, 0.717) is 28.1 Å². The summed E-state index contributed by atoms with van der Waals surface area (Å²) in [5, 5.41) is 0. The summed E-state index contributed by atoms with van der Waals surface area (Å²) in [7, 11) is 0. The Bertz CT molecular complexity index is 695. The van der Waals surface area contributed by atoms with Crippen molar-refractivity contribution in [1.82, 2.24) is 4.98 Å². The molecular weight excluding hydrogens is 270 g/mol. The van der Waals surface area contributed by atoms with E-state index in [-0.39, 0.29) is 0 Å². The summed E-state index contributed by atoms with van der Waals surface area (Å²) in [6.07, 6.45) is 2.19. The lowest BCUT2D eigenvalue weighted by Gasteiger charge is -2.51. The number of anilines is 1. The summed E-state index contributed by atoms with van der Waals surface area (Å²) in [6.45, 7) is 3.56. The standard InChI is InChI=1S/C15H17N3O3/c16-13(19)10-2-1-3-11-12(10)17-14(21-11)18-8-15(9-18)4-6-20-7-5-15/h1-3H,4-9H2,(H2,16,19). The first kappa shape index (κ1) is 12.6. The molecule has 6 nitrogen and oxygen atoms in total. The van der Waals surface area contributed by atoms with E-state index in [1.807, 2.05) is 6.07 Å². The molecule has 2 aliphatic heterocycles. The molecule has 1 aromatic carbocycles. The number of aromatic nitrogens is 1. The SMILES string of the molecule is NC(=O)c1cccc2oc(N3CC4(CCOCC4)C3)nc12. The van der Waals surface area contributed by atoms with Crippen molar-refractivity contribution >= 4 is 23.0 Å². The zero-order chi connectivity index (χ0) is 14.4. The van der Waals surface area contributed by atoms with E-state index in [1.54, 1.807) is 12.1 Å². The van der Waals surface area contributed by atoms with Gasteiger partial charge in [0.25, 0.3) is 11.9 Å². The van der Waals surface area contributed by atoms with Crippen LogP contribution in [0.5, 0.6) is 0 Å². The lowest BCUT2D eigenvalue weighted by atomic mass is 9.74. The van der Waals surface area contributed by atoms with Gasteiger partial charge in [0.2, 0.25) is 0 Å². The summed E-state index contributed by atoms with van der Waals surface area (Å²) < 4.78 is 11.2. The van der Waals surface area contributed by atoms with Crippen LogP contribution in [0.3, 0.4) is 0 Å². The monoisotopic (exact) mass is 287 g/mol. The molecule has 110 valence electrons. The maximum Gasteiger partial charge on any atom is 0.298 e. The number of amides is 1. The highest BCUT2D eigenvalue weighted by atomic mass is 16.5. The largest absolute Gasteiger partial charge is 0.423 e. The normalized spacial score (nSPS) is 20.7. The summed E-state index contributed by atoms with van der Waals surface area (Å²) >= 11 is 0. The van der Waals surface area contributed by atoms with Crippen LogP contribution in [0.15, 0.2) is 22.6 Å². The van der Waals surface area contributed by atoms with E-state index in [1.165, 1.54) is 0 Å². The lowest BCUT2D eigenvalue weighted by Crippen LogP contribution is -2.58. The molecule has 0 atom stereocenters. The van der Waals surface area contributed by atoms with Crippen molar-refractivity contribution in [3.8, 4) is 0 Å². The van der Waals surface area contributed by atoms with Crippen LogP contribution in [0.1, 0.15) is 23.2 Å². The average Bonchev–Trinajstić information content (AvgIpc) is 2.88. The average molecular weight is 287 g/mol. The van der Waals surface area contributed by atoms with Gasteiger partial charge in [0.05, 0.1) is 5.56 Å². The van der Waals surface area contributed by atoms with Crippen LogP contribution in [-0.2, 0) is 4.74 Å². The van der Waals surface area contributed by atoms with Gasteiger partial charge in [-0.05, 0) is 25.0 Å². The molecule has 1 amide bonds. The van der Waals surface area contributed by atoms with Gasteiger partial charge in [-0.2, -0.15) is 4.98 Å². The van der Waals surface area contributed by atoms with Gasteiger partial charge in [0, 0.05) is 31.7 Å². The molecule has 1 aromatic heterocycles. The fourth-order valence-electron chi connectivity index (χ4n) is 3.29. The number of fused-ring (bicyclic) bond motifs is 1. The van der Waals surface area contributed by atoms with Crippen LogP contribution in [0.25, 0.3) is 11.1 Å². The summed E-state index contributed by atoms with van der Waals surface area (Å²) in [5.41, 5.74) is 7.29. The highest BCUT2D eigenvalue weighted by Gasteiger charge is 2.45. The molecule has 6 heteroatoms. The molecule has 2 N–H and O–H groups in total. The Morgan fingerprint density at radius 2 is 2.05 bits per heavy atom. The minimum atomic E-state index is -0.482. The number of hydrogen-bond acceptors (Lipinski definition) is 5. The van der Waals surface area contributed by atoms with Gasteiger partial charge in [-0.25, -0.2) is 0 Å². The first-order valence-electron chi connectivity index (χ1n) is 7.19. The number of hydrogen-bond donors (Lipinski definition) is 1. The first-order valence-corrected chi connectivity index (χ1v) is 7.19. The van der Waals surface area contributed by atoms with E-state index in [9.17, 15) is 4.79 Å². The highest BCUT2D eigenvalue weighted by Crippen LogP contribution is 2.42. The van der Waals surface area contributed by atoms with E-state index in [4.69, 9.17) is 14.9 Å². The summed E-state index contributed by atoms with van der Waals surface area (Å²) in [5.74, 6) is -0.482. The third kappa shape index (κ3) is 1.98. The first-order chi connectivity index (χ1) is 10.2. The Balaban J connectivity index is 1.61. The molecule has 1 spiro atoms. The minimum Gasteiger partial charge on any atom is -0.423 e.